The highest BCUT2D eigenvalue weighted by atomic mass is 16.1. The molecule has 0 spiro atoms. The van der Waals surface area contributed by atoms with Gasteiger partial charge in [-0.25, -0.2) is 0 Å². The maximum Gasteiger partial charge on any atom is 0.253 e. The highest BCUT2D eigenvalue weighted by molar-refractivity contribution is 5.16. The molecule has 2 rings (SSSR count). The summed E-state index contributed by atoms with van der Waals surface area (Å²) in [5.41, 5.74) is 1.96. The summed E-state index contributed by atoms with van der Waals surface area (Å²) in [7, 11) is 0. The lowest BCUT2D eigenvalue weighted by Gasteiger charge is -2.05. The average molecular weight is 198 g/mol. The van der Waals surface area contributed by atoms with Crippen LogP contribution in [0.3, 0.4) is 0 Å². The molecule has 0 amide bonds. The van der Waals surface area contributed by atoms with Crippen molar-refractivity contribution in [1.82, 2.24) is 4.57 Å². The zero-order valence-corrected chi connectivity index (χ0v) is 8.60. The van der Waals surface area contributed by atoms with Gasteiger partial charge >= 0.3 is 0 Å². The van der Waals surface area contributed by atoms with Gasteiger partial charge < -0.3 is 4.57 Å². The zero-order valence-electron chi connectivity index (χ0n) is 8.60. The van der Waals surface area contributed by atoms with Gasteiger partial charge in [-0.15, -0.1) is 0 Å². The van der Waals surface area contributed by atoms with Gasteiger partial charge in [0.15, 0.2) is 0 Å². The second kappa shape index (κ2) is 4.13. The normalized spacial score (nSPS) is 10.2. The zero-order chi connectivity index (χ0) is 10.7. The molecular formula is C13H12NO. The van der Waals surface area contributed by atoms with Crippen LogP contribution in [-0.4, -0.2) is 4.57 Å². The van der Waals surface area contributed by atoms with Crippen molar-refractivity contribution < 1.29 is 0 Å². The lowest BCUT2D eigenvalue weighted by molar-refractivity contribution is 0.752. The van der Waals surface area contributed by atoms with Gasteiger partial charge in [0.25, 0.3) is 5.56 Å². The number of hydrogen-bond donors (Lipinski definition) is 0. The Hall–Kier alpha value is -1.83. The highest BCUT2D eigenvalue weighted by Crippen LogP contribution is 2.00. The summed E-state index contributed by atoms with van der Waals surface area (Å²) in [4.78, 5) is 11.7. The summed E-state index contributed by atoms with van der Waals surface area (Å²) in [6, 6.07) is 14.3. The second-order valence-corrected chi connectivity index (χ2v) is 3.53. The minimum Gasteiger partial charge on any atom is -0.311 e. The minimum atomic E-state index is 0.0744. The predicted molar refractivity (Wildman–Crippen MR) is 59.8 cm³/mol. The molecule has 0 bridgehead atoms. The molecule has 1 radical (unpaired) electrons. The van der Waals surface area contributed by atoms with E-state index < -0.39 is 0 Å². The van der Waals surface area contributed by atoms with E-state index in [0.717, 1.165) is 11.1 Å². The summed E-state index contributed by atoms with van der Waals surface area (Å²) < 4.78 is 1.71. The van der Waals surface area contributed by atoms with Crippen LogP contribution in [-0.2, 0) is 6.54 Å². The summed E-state index contributed by atoms with van der Waals surface area (Å²) in [6.45, 7) is 2.45. The van der Waals surface area contributed by atoms with Crippen LogP contribution in [0.5, 0.6) is 0 Å². The van der Waals surface area contributed by atoms with Crippen molar-refractivity contribution >= 4 is 0 Å². The van der Waals surface area contributed by atoms with Gasteiger partial charge in [-0.05, 0) is 24.6 Å². The van der Waals surface area contributed by atoms with E-state index >= 15 is 0 Å². The van der Waals surface area contributed by atoms with E-state index in [9.17, 15) is 4.79 Å². The maximum atomic E-state index is 11.7. The van der Waals surface area contributed by atoms with Crippen LogP contribution in [0.1, 0.15) is 11.1 Å². The van der Waals surface area contributed by atoms with E-state index in [2.05, 4.69) is 6.07 Å². The Morgan fingerprint density at radius 2 is 2.00 bits per heavy atom. The van der Waals surface area contributed by atoms with E-state index in [4.69, 9.17) is 0 Å². The number of pyridine rings is 1. The van der Waals surface area contributed by atoms with Crippen LogP contribution < -0.4 is 5.56 Å². The van der Waals surface area contributed by atoms with Gasteiger partial charge in [0.1, 0.15) is 0 Å². The third kappa shape index (κ3) is 2.15. The molecule has 0 N–H and O–H groups in total. The molecule has 0 aliphatic carbocycles. The third-order valence-corrected chi connectivity index (χ3v) is 2.35. The van der Waals surface area contributed by atoms with Crippen molar-refractivity contribution in [3.05, 3.63) is 70.1 Å². The topological polar surface area (TPSA) is 22.0 Å². The van der Waals surface area contributed by atoms with E-state index in [0.29, 0.717) is 6.54 Å². The lowest BCUT2D eigenvalue weighted by atomic mass is 10.2. The van der Waals surface area contributed by atoms with Crippen LogP contribution in [0.25, 0.3) is 0 Å². The molecule has 0 saturated carbocycles. The Labute approximate surface area is 88.8 Å². The molecule has 1 aromatic carbocycles. The van der Waals surface area contributed by atoms with E-state index in [1.165, 1.54) is 0 Å². The lowest BCUT2D eigenvalue weighted by Crippen LogP contribution is -2.21. The summed E-state index contributed by atoms with van der Waals surface area (Å²) in [6.07, 6.45) is 1.81. The number of nitrogens with zero attached hydrogens (tertiary/aromatic N) is 1. The Kier molecular flexibility index (Phi) is 2.68. The average Bonchev–Trinajstić information content (AvgIpc) is 2.26. The highest BCUT2D eigenvalue weighted by Gasteiger charge is 1.98. The number of aromatic nitrogens is 1. The van der Waals surface area contributed by atoms with E-state index in [1.807, 2.05) is 49.5 Å². The minimum absolute atomic E-state index is 0.0744. The van der Waals surface area contributed by atoms with Crippen molar-refractivity contribution in [3.8, 4) is 0 Å². The van der Waals surface area contributed by atoms with Crippen LogP contribution >= 0.6 is 0 Å². The summed E-state index contributed by atoms with van der Waals surface area (Å²) in [5.74, 6) is 0. The number of hydrogen-bond acceptors (Lipinski definition) is 1. The molecular weight excluding hydrogens is 186 g/mol. The fourth-order valence-corrected chi connectivity index (χ4v) is 1.50. The Morgan fingerprint density at radius 1 is 1.27 bits per heavy atom. The first-order chi connectivity index (χ1) is 7.27. The quantitative estimate of drug-likeness (QED) is 0.723. The van der Waals surface area contributed by atoms with Crippen LogP contribution in [0.15, 0.2) is 47.4 Å². The Bertz CT molecular complexity index is 499. The monoisotopic (exact) mass is 198 g/mol. The molecule has 0 aliphatic heterocycles. The molecule has 75 valence electrons. The van der Waals surface area contributed by atoms with Crippen molar-refractivity contribution in [2.45, 2.75) is 13.5 Å². The molecule has 0 atom stereocenters. The standard InChI is InChI=1S/C13H12NO/c1-11-6-5-9-14(13(11)15)10-12-7-3-2-4-8-12/h3-9H,10H2,1H3. The fraction of sp³-hybridized carbons (Fsp3) is 0.154. The van der Waals surface area contributed by atoms with E-state index in [-0.39, 0.29) is 5.56 Å². The molecule has 15 heavy (non-hydrogen) atoms. The van der Waals surface area contributed by atoms with Gasteiger partial charge in [-0.3, -0.25) is 4.79 Å². The first kappa shape index (κ1) is 9.71. The van der Waals surface area contributed by atoms with Gasteiger partial charge in [-0.2, -0.15) is 0 Å². The van der Waals surface area contributed by atoms with Crippen LogP contribution in [0.4, 0.5) is 0 Å². The third-order valence-electron chi connectivity index (χ3n) is 2.35. The fourth-order valence-electron chi connectivity index (χ4n) is 1.50. The number of benzene rings is 1. The maximum absolute atomic E-state index is 11.7. The molecule has 0 aliphatic rings. The van der Waals surface area contributed by atoms with Crippen molar-refractivity contribution in [1.29, 1.82) is 0 Å². The molecule has 2 nitrogen and oxygen atoms in total. The predicted octanol–water partition coefficient (Wildman–Crippen LogP) is 2.01. The molecule has 2 aromatic rings. The first-order valence-corrected chi connectivity index (χ1v) is 4.88. The molecule has 1 heterocycles. The van der Waals surface area contributed by atoms with Gasteiger partial charge in [0.2, 0.25) is 0 Å². The summed E-state index contributed by atoms with van der Waals surface area (Å²) in [5, 5.41) is 0. The van der Waals surface area contributed by atoms with Gasteiger partial charge in [-0.1, -0.05) is 30.3 Å². The largest absolute Gasteiger partial charge is 0.311 e. The van der Waals surface area contributed by atoms with E-state index in [1.54, 1.807) is 4.57 Å². The second-order valence-electron chi connectivity index (χ2n) is 3.53. The molecule has 1 aromatic heterocycles. The molecule has 0 unspecified atom stereocenters. The summed E-state index contributed by atoms with van der Waals surface area (Å²) >= 11 is 0. The van der Waals surface area contributed by atoms with Crippen LogP contribution in [0, 0.1) is 13.0 Å². The van der Waals surface area contributed by atoms with Gasteiger partial charge in [0, 0.05) is 11.8 Å². The molecule has 2 heteroatoms. The van der Waals surface area contributed by atoms with Gasteiger partial charge in [0.05, 0.1) is 6.54 Å². The molecule has 0 fully saturated rings. The smallest absolute Gasteiger partial charge is 0.253 e. The number of aryl methyl sites for hydroxylation is 1. The van der Waals surface area contributed by atoms with Crippen molar-refractivity contribution in [2.75, 3.05) is 0 Å². The van der Waals surface area contributed by atoms with Crippen molar-refractivity contribution in [2.24, 2.45) is 0 Å². The first-order valence-electron chi connectivity index (χ1n) is 4.88. The van der Waals surface area contributed by atoms with Crippen LogP contribution in [0.2, 0.25) is 0 Å². The SMILES string of the molecule is Cc1cccn(Cc2cc[c]cc2)c1=O. The number of rotatable bonds is 2. The Morgan fingerprint density at radius 3 is 2.73 bits per heavy atom. The Balaban J connectivity index is 2.33. The molecule has 0 saturated heterocycles. The van der Waals surface area contributed by atoms with Crippen molar-refractivity contribution in [3.63, 3.8) is 0 Å².